The van der Waals surface area contributed by atoms with Crippen molar-refractivity contribution < 1.29 is 23.9 Å². The van der Waals surface area contributed by atoms with Gasteiger partial charge in [-0.25, -0.2) is 0 Å². The maximum Gasteiger partial charge on any atom is 0.311 e. The van der Waals surface area contributed by atoms with Gasteiger partial charge in [-0.1, -0.05) is 48.5 Å². The first-order chi connectivity index (χ1) is 18.4. The first-order valence-corrected chi connectivity index (χ1v) is 12.5. The zero-order chi connectivity index (χ0) is 26.6. The number of fused-ring (bicyclic) bond motifs is 1. The topological polar surface area (TPSA) is 84.9 Å². The molecule has 1 N–H and O–H groups in total. The lowest BCUT2D eigenvalue weighted by molar-refractivity contribution is -0.151. The highest BCUT2D eigenvalue weighted by atomic mass is 16.5. The number of esters is 1. The number of nitrogens with one attached hydrogen (secondary N) is 1. The summed E-state index contributed by atoms with van der Waals surface area (Å²) >= 11 is 0. The predicted molar refractivity (Wildman–Crippen MR) is 146 cm³/mol. The van der Waals surface area contributed by atoms with Gasteiger partial charge in [-0.15, -0.1) is 0 Å². The third kappa shape index (κ3) is 5.37. The molecule has 4 aromatic carbocycles. The highest BCUT2D eigenvalue weighted by Crippen LogP contribution is 2.32. The van der Waals surface area contributed by atoms with Gasteiger partial charge in [-0.2, -0.15) is 0 Å². The molecule has 7 heteroatoms. The average molecular weight is 509 g/mol. The van der Waals surface area contributed by atoms with Crippen LogP contribution in [-0.4, -0.2) is 30.9 Å². The molecule has 4 aromatic rings. The van der Waals surface area contributed by atoms with Crippen LogP contribution in [0.5, 0.6) is 11.5 Å². The van der Waals surface area contributed by atoms with Gasteiger partial charge in [0.15, 0.2) is 6.61 Å². The number of aryl methyl sites for hydroxylation is 1. The summed E-state index contributed by atoms with van der Waals surface area (Å²) in [5.41, 5.74) is 3.36. The van der Waals surface area contributed by atoms with E-state index in [9.17, 15) is 14.4 Å². The molecule has 1 aliphatic rings. The minimum absolute atomic E-state index is 0.0334. The number of carbonyl (C=O) groups is 3. The fourth-order valence-electron chi connectivity index (χ4n) is 4.55. The molecule has 1 fully saturated rings. The molecule has 5 rings (SSSR count). The molecular formula is C31H28N2O5. The van der Waals surface area contributed by atoms with E-state index in [1.54, 1.807) is 35.2 Å². The van der Waals surface area contributed by atoms with Crippen LogP contribution in [0.4, 0.5) is 11.4 Å². The van der Waals surface area contributed by atoms with Gasteiger partial charge in [0.1, 0.15) is 11.5 Å². The van der Waals surface area contributed by atoms with E-state index in [4.69, 9.17) is 9.47 Å². The van der Waals surface area contributed by atoms with Crippen LogP contribution in [0.15, 0.2) is 84.9 Å². The van der Waals surface area contributed by atoms with E-state index in [0.29, 0.717) is 17.1 Å². The molecule has 1 aliphatic heterocycles. The quantitative estimate of drug-likeness (QED) is 0.320. The Morgan fingerprint density at radius 2 is 1.66 bits per heavy atom. The summed E-state index contributed by atoms with van der Waals surface area (Å²) in [6, 6.07) is 26.7. The minimum Gasteiger partial charge on any atom is -0.457 e. The number of benzene rings is 4. The number of anilines is 2. The first kappa shape index (κ1) is 25.0. The largest absolute Gasteiger partial charge is 0.457 e. The van der Waals surface area contributed by atoms with Gasteiger partial charge in [-0.3, -0.25) is 14.4 Å². The van der Waals surface area contributed by atoms with E-state index in [2.05, 4.69) is 5.32 Å². The number of hydrogen-bond donors (Lipinski definition) is 1. The molecule has 0 spiro atoms. The Kier molecular flexibility index (Phi) is 7.09. The summed E-state index contributed by atoms with van der Waals surface area (Å²) in [7, 11) is 0. The zero-order valence-corrected chi connectivity index (χ0v) is 21.3. The highest BCUT2D eigenvalue weighted by Gasteiger charge is 2.36. The maximum absolute atomic E-state index is 12.7. The predicted octanol–water partition coefficient (Wildman–Crippen LogP) is 5.78. The van der Waals surface area contributed by atoms with Crippen LogP contribution in [0.3, 0.4) is 0 Å². The maximum atomic E-state index is 12.7. The SMILES string of the molecule is Cc1cccc(NC(=O)COC(=O)[C@H]2CC(=O)N(c3ccc(Oc4cccc5ccccc45)cc3)C2)c1C. The Balaban J connectivity index is 1.17. The molecular weight excluding hydrogens is 480 g/mol. The van der Waals surface area contributed by atoms with E-state index in [1.807, 2.05) is 68.4 Å². The van der Waals surface area contributed by atoms with Crippen molar-refractivity contribution in [2.75, 3.05) is 23.4 Å². The Morgan fingerprint density at radius 3 is 2.47 bits per heavy atom. The van der Waals surface area contributed by atoms with Crippen molar-refractivity contribution in [3.8, 4) is 11.5 Å². The van der Waals surface area contributed by atoms with Crippen LogP contribution >= 0.6 is 0 Å². The van der Waals surface area contributed by atoms with Crippen LogP contribution < -0.4 is 15.0 Å². The summed E-state index contributed by atoms with van der Waals surface area (Å²) in [5.74, 6) is -0.403. The standard InChI is InChI=1S/C31H28N2O5/c1-20-7-5-11-27(21(20)2)32-29(34)19-37-31(36)23-17-30(35)33(18-23)24-13-15-25(16-14-24)38-28-12-6-9-22-8-3-4-10-26(22)28/h3-16,23H,17-19H2,1-2H3,(H,32,34)/t23-/m0/s1. The molecule has 0 aliphatic carbocycles. The van der Waals surface area contributed by atoms with Crippen LogP contribution in [0.1, 0.15) is 17.5 Å². The molecule has 7 nitrogen and oxygen atoms in total. The molecule has 0 bridgehead atoms. The van der Waals surface area contributed by atoms with Gasteiger partial charge < -0.3 is 19.7 Å². The average Bonchev–Trinajstić information content (AvgIpc) is 3.32. The smallest absolute Gasteiger partial charge is 0.311 e. The molecule has 1 saturated heterocycles. The molecule has 0 unspecified atom stereocenters. The van der Waals surface area contributed by atoms with Gasteiger partial charge in [0.25, 0.3) is 5.91 Å². The van der Waals surface area contributed by atoms with Crippen LogP contribution in [0, 0.1) is 19.8 Å². The van der Waals surface area contributed by atoms with Crippen molar-refractivity contribution in [2.24, 2.45) is 5.92 Å². The second kappa shape index (κ2) is 10.8. The van der Waals surface area contributed by atoms with Gasteiger partial charge in [0.2, 0.25) is 5.91 Å². The van der Waals surface area contributed by atoms with Gasteiger partial charge in [0, 0.05) is 29.7 Å². The van der Waals surface area contributed by atoms with Crippen LogP contribution in [0.2, 0.25) is 0 Å². The van der Waals surface area contributed by atoms with Crippen molar-refractivity contribution in [3.63, 3.8) is 0 Å². The van der Waals surface area contributed by atoms with Crippen molar-refractivity contribution >= 4 is 39.9 Å². The summed E-state index contributed by atoms with van der Waals surface area (Å²) in [6.07, 6.45) is 0.0334. The molecule has 0 saturated carbocycles. The van der Waals surface area contributed by atoms with E-state index in [0.717, 1.165) is 27.6 Å². The zero-order valence-electron chi connectivity index (χ0n) is 21.3. The van der Waals surface area contributed by atoms with Gasteiger partial charge >= 0.3 is 5.97 Å². The molecule has 1 atom stereocenters. The van der Waals surface area contributed by atoms with E-state index in [1.165, 1.54) is 0 Å². The molecule has 1 heterocycles. The molecule has 0 aromatic heterocycles. The van der Waals surface area contributed by atoms with E-state index in [-0.39, 0.29) is 18.9 Å². The highest BCUT2D eigenvalue weighted by molar-refractivity contribution is 6.00. The lowest BCUT2D eigenvalue weighted by Gasteiger charge is -2.17. The van der Waals surface area contributed by atoms with Gasteiger partial charge in [-0.05, 0) is 66.8 Å². The summed E-state index contributed by atoms with van der Waals surface area (Å²) in [5, 5.41) is 4.87. The second-order valence-electron chi connectivity index (χ2n) is 9.38. The Morgan fingerprint density at radius 1 is 0.921 bits per heavy atom. The van der Waals surface area contributed by atoms with Crippen LogP contribution in [-0.2, 0) is 19.1 Å². The van der Waals surface area contributed by atoms with Gasteiger partial charge in [0.05, 0.1) is 5.92 Å². The summed E-state index contributed by atoms with van der Waals surface area (Å²) in [6.45, 7) is 3.66. The van der Waals surface area contributed by atoms with E-state index < -0.39 is 24.4 Å². The number of ether oxygens (including phenoxy) is 2. The Hall–Kier alpha value is -4.65. The molecule has 38 heavy (non-hydrogen) atoms. The fourth-order valence-corrected chi connectivity index (χ4v) is 4.55. The second-order valence-corrected chi connectivity index (χ2v) is 9.38. The monoisotopic (exact) mass is 508 g/mol. The fraction of sp³-hybridized carbons (Fsp3) is 0.194. The van der Waals surface area contributed by atoms with Crippen LogP contribution in [0.25, 0.3) is 10.8 Å². The summed E-state index contributed by atoms with van der Waals surface area (Å²) in [4.78, 5) is 39.1. The third-order valence-corrected chi connectivity index (χ3v) is 6.81. The molecule has 2 amide bonds. The minimum atomic E-state index is -0.636. The van der Waals surface area contributed by atoms with Crippen molar-refractivity contribution in [1.29, 1.82) is 0 Å². The number of nitrogens with zero attached hydrogens (tertiary/aromatic N) is 1. The van der Waals surface area contributed by atoms with Crippen molar-refractivity contribution in [3.05, 3.63) is 96.1 Å². The van der Waals surface area contributed by atoms with Crippen molar-refractivity contribution in [1.82, 2.24) is 0 Å². The number of carbonyl (C=O) groups excluding carboxylic acids is 3. The number of hydrogen-bond acceptors (Lipinski definition) is 5. The Bertz CT molecular complexity index is 1510. The summed E-state index contributed by atoms with van der Waals surface area (Å²) < 4.78 is 11.3. The lowest BCUT2D eigenvalue weighted by atomic mass is 10.1. The number of rotatable bonds is 7. The molecule has 192 valence electrons. The van der Waals surface area contributed by atoms with Crippen molar-refractivity contribution in [2.45, 2.75) is 20.3 Å². The Labute approximate surface area is 221 Å². The van der Waals surface area contributed by atoms with E-state index >= 15 is 0 Å². The lowest BCUT2D eigenvalue weighted by Crippen LogP contribution is -2.28. The normalized spacial score (nSPS) is 14.9. The first-order valence-electron chi connectivity index (χ1n) is 12.5. The molecule has 0 radical (unpaired) electrons. The third-order valence-electron chi connectivity index (χ3n) is 6.81. The number of amides is 2.